The normalized spacial score (nSPS) is 41.8. The minimum Gasteiger partial charge on any atom is -0.508 e. The Balaban J connectivity index is 1.61. The molecule has 0 spiro atoms. The summed E-state index contributed by atoms with van der Waals surface area (Å²) in [7, 11) is 0. The van der Waals surface area contributed by atoms with Gasteiger partial charge in [0.05, 0.1) is 12.3 Å². The van der Waals surface area contributed by atoms with Crippen molar-refractivity contribution in [2.24, 2.45) is 5.41 Å². The van der Waals surface area contributed by atoms with Crippen LogP contribution in [0.2, 0.25) is 0 Å². The lowest BCUT2D eigenvalue weighted by atomic mass is 9.57. The first-order valence-corrected chi connectivity index (χ1v) is 9.03. The highest BCUT2D eigenvalue weighted by Gasteiger charge is 2.64. The smallest absolute Gasteiger partial charge is 0.121 e. The van der Waals surface area contributed by atoms with Crippen molar-refractivity contribution in [1.29, 1.82) is 0 Å². The van der Waals surface area contributed by atoms with Gasteiger partial charge in [0.15, 0.2) is 0 Å². The lowest BCUT2D eigenvalue weighted by Gasteiger charge is -2.69. The van der Waals surface area contributed by atoms with Crippen LogP contribution in [-0.4, -0.2) is 52.3 Å². The van der Waals surface area contributed by atoms with Crippen molar-refractivity contribution in [2.75, 3.05) is 26.2 Å². The van der Waals surface area contributed by atoms with E-state index in [4.69, 9.17) is 0 Å². The number of aliphatic hydroxyl groups is 1. The quantitative estimate of drug-likeness (QED) is 0.884. The molecule has 6 rings (SSSR count). The Morgan fingerprint density at radius 3 is 2.12 bits per heavy atom. The Bertz CT molecular complexity index is 791. The van der Waals surface area contributed by atoms with Gasteiger partial charge in [-0.25, -0.2) is 0 Å². The van der Waals surface area contributed by atoms with Crippen LogP contribution in [0, 0.1) is 5.41 Å². The van der Waals surface area contributed by atoms with Crippen LogP contribution in [0.25, 0.3) is 0 Å². The van der Waals surface area contributed by atoms with Crippen molar-refractivity contribution < 1.29 is 10.2 Å². The van der Waals surface area contributed by atoms with Crippen LogP contribution in [0.15, 0.2) is 54.6 Å². The number of phenolic OH excluding ortho intramolecular Hbond substituents is 1. The highest BCUT2D eigenvalue weighted by atomic mass is 16.3. The molecule has 2 N–H and O–H groups in total. The van der Waals surface area contributed by atoms with E-state index in [1.807, 2.05) is 24.3 Å². The van der Waals surface area contributed by atoms with E-state index >= 15 is 0 Å². The number of phenols is 1. The Hall–Kier alpha value is -1.88. The van der Waals surface area contributed by atoms with Crippen LogP contribution >= 0.6 is 0 Å². The van der Waals surface area contributed by atoms with Gasteiger partial charge in [0, 0.05) is 42.6 Å². The van der Waals surface area contributed by atoms with Crippen molar-refractivity contribution in [3.63, 3.8) is 0 Å². The summed E-state index contributed by atoms with van der Waals surface area (Å²) in [6.07, 6.45) is -0.251. The van der Waals surface area contributed by atoms with Gasteiger partial charge in [-0.05, 0) is 11.6 Å². The van der Waals surface area contributed by atoms with Gasteiger partial charge in [-0.15, -0.1) is 0 Å². The van der Waals surface area contributed by atoms with Crippen LogP contribution < -0.4 is 0 Å². The van der Waals surface area contributed by atoms with Crippen LogP contribution in [0.4, 0.5) is 0 Å². The van der Waals surface area contributed by atoms with Crippen molar-refractivity contribution in [1.82, 2.24) is 9.80 Å². The molecule has 2 aromatic rings. The maximum Gasteiger partial charge on any atom is 0.121 e. The molecule has 3 atom stereocenters. The fraction of sp³-hybridized carbons (Fsp3) is 0.429. The van der Waals surface area contributed by atoms with E-state index in [1.54, 1.807) is 6.07 Å². The average Bonchev–Trinajstić information content (AvgIpc) is 2.60. The zero-order valence-corrected chi connectivity index (χ0v) is 14.5. The van der Waals surface area contributed by atoms with Crippen LogP contribution in [0.1, 0.15) is 24.2 Å². The molecule has 4 heteroatoms. The van der Waals surface area contributed by atoms with Crippen molar-refractivity contribution >= 4 is 0 Å². The van der Waals surface area contributed by atoms with Gasteiger partial charge >= 0.3 is 0 Å². The average molecular weight is 336 g/mol. The van der Waals surface area contributed by atoms with Gasteiger partial charge in [0.25, 0.3) is 0 Å². The number of nitrogens with zero attached hydrogens (tertiary/aromatic N) is 2. The number of aromatic hydroxyl groups is 1. The summed E-state index contributed by atoms with van der Waals surface area (Å²) in [6, 6.07) is 18.1. The highest BCUT2D eigenvalue weighted by Crippen LogP contribution is 2.55. The number of rotatable bonds is 2. The zero-order chi connectivity index (χ0) is 17.2. The predicted molar refractivity (Wildman–Crippen MR) is 96.2 cm³/mol. The molecule has 0 amide bonds. The van der Waals surface area contributed by atoms with Gasteiger partial charge in [-0.2, -0.15) is 0 Å². The van der Waals surface area contributed by atoms with Gasteiger partial charge in [-0.3, -0.25) is 9.80 Å². The molecule has 3 unspecified atom stereocenters. The third-order valence-corrected chi connectivity index (χ3v) is 6.54. The topological polar surface area (TPSA) is 46.9 Å². The first kappa shape index (κ1) is 15.4. The van der Waals surface area contributed by atoms with Crippen LogP contribution in [0.3, 0.4) is 0 Å². The maximum absolute atomic E-state index is 11.3. The Morgan fingerprint density at radius 2 is 1.48 bits per heavy atom. The molecule has 4 aliphatic rings. The van der Waals surface area contributed by atoms with Gasteiger partial charge in [0.2, 0.25) is 0 Å². The number of benzene rings is 2. The van der Waals surface area contributed by atoms with E-state index in [2.05, 4.69) is 41.0 Å². The molecular weight excluding hydrogens is 312 g/mol. The van der Waals surface area contributed by atoms with E-state index in [9.17, 15) is 10.2 Å². The molecule has 2 aromatic carbocycles. The number of hydrogen-bond acceptors (Lipinski definition) is 4. The summed E-state index contributed by atoms with van der Waals surface area (Å²) in [5.74, 6) is 0.361. The SMILES string of the molecule is CC12CN3CC(c4ccccc4)(CN(C1)C3c1ccccc1O)C2O. The number of para-hydroxylation sites is 1. The summed E-state index contributed by atoms with van der Waals surface area (Å²) >= 11 is 0. The Kier molecular flexibility index (Phi) is 3.12. The molecule has 0 saturated carbocycles. The van der Waals surface area contributed by atoms with E-state index in [-0.39, 0.29) is 23.1 Å². The standard InChI is InChI=1S/C21H24N2O2/c1-20-11-22-13-21(19(20)25,15-7-3-2-4-8-15)14-23(12-20)18(22)16-9-5-6-10-17(16)24/h2-10,18-19,24-25H,11-14H2,1H3. The first-order chi connectivity index (χ1) is 12.0. The Labute approximate surface area is 148 Å². The molecule has 4 saturated heterocycles. The molecule has 130 valence electrons. The predicted octanol–water partition coefficient (Wildman–Crippen LogP) is 2.34. The summed E-state index contributed by atoms with van der Waals surface area (Å²) < 4.78 is 0. The van der Waals surface area contributed by atoms with Crippen molar-refractivity contribution in [3.8, 4) is 5.75 Å². The third kappa shape index (κ3) is 1.99. The molecule has 0 radical (unpaired) electrons. The highest BCUT2D eigenvalue weighted by molar-refractivity contribution is 5.39. The summed E-state index contributed by atoms with van der Waals surface area (Å²) in [6.45, 7) is 5.57. The zero-order valence-electron chi connectivity index (χ0n) is 14.5. The fourth-order valence-corrected chi connectivity index (χ4v) is 5.66. The van der Waals surface area contributed by atoms with E-state index in [1.165, 1.54) is 5.56 Å². The lowest BCUT2D eigenvalue weighted by Crippen LogP contribution is -2.79. The second-order valence-corrected chi connectivity index (χ2v) is 8.32. The second kappa shape index (κ2) is 5.07. The molecule has 4 nitrogen and oxygen atoms in total. The molecule has 0 aliphatic carbocycles. The largest absolute Gasteiger partial charge is 0.508 e. The van der Waals surface area contributed by atoms with E-state index in [0.717, 1.165) is 31.7 Å². The fourth-order valence-electron chi connectivity index (χ4n) is 5.66. The van der Waals surface area contributed by atoms with E-state index < -0.39 is 0 Å². The van der Waals surface area contributed by atoms with Crippen LogP contribution in [0.5, 0.6) is 5.75 Å². The molecule has 25 heavy (non-hydrogen) atoms. The number of aliphatic hydroxyl groups excluding tert-OH is 1. The van der Waals surface area contributed by atoms with Crippen LogP contribution in [-0.2, 0) is 5.41 Å². The molecule has 4 bridgehead atoms. The van der Waals surface area contributed by atoms with E-state index in [0.29, 0.717) is 5.75 Å². The summed E-state index contributed by atoms with van der Waals surface area (Å²) in [5, 5.41) is 21.7. The minimum atomic E-state index is -0.347. The molecule has 4 aliphatic heterocycles. The first-order valence-electron chi connectivity index (χ1n) is 9.03. The summed E-state index contributed by atoms with van der Waals surface area (Å²) in [4.78, 5) is 4.89. The second-order valence-electron chi connectivity index (χ2n) is 8.32. The lowest BCUT2D eigenvalue weighted by molar-refractivity contribution is -0.232. The van der Waals surface area contributed by atoms with Gasteiger partial charge < -0.3 is 10.2 Å². The molecule has 4 fully saturated rings. The molecular formula is C21H24N2O2. The van der Waals surface area contributed by atoms with Crippen molar-refractivity contribution in [2.45, 2.75) is 24.6 Å². The number of piperidine rings is 2. The minimum absolute atomic E-state index is 0.0959. The maximum atomic E-state index is 11.3. The van der Waals surface area contributed by atoms with Gasteiger partial charge in [-0.1, -0.05) is 55.5 Å². The van der Waals surface area contributed by atoms with Gasteiger partial charge in [0.1, 0.15) is 5.75 Å². The third-order valence-electron chi connectivity index (χ3n) is 6.54. The molecule has 4 heterocycles. The Morgan fingerprint density at radius 1 is 0.880 bits per heavy atom. The monoisotopic (exact) mass is 336 g/mol. The summed E-state index contributed by atoms with van der Waals surface area (Å²) in [5.41, 5.74) is 1.79. The van der Waals surface area contributed by atoms with Crippen molar-refractivity contribution in [3.05, 3.63) is 65.7 Å². The molecule has 0 aromatic heterocycles. The number of hydrogen-bond donors (Lipinski definition) is 2.